The molecule has 1 aromatic rings. The zero-order valence-corrected chi connectivity index (χ0v) is 9.02. The number of aliphatic carboxylic acids is 1. The number of hydrogen-bond acceptors (Lipinski definition) is 3. The lowest BCUT2D eigenvalue weighted by Crippen LogP contribution is -2.46. The first-order valence-electron chi connectivity index (χ1n) is 5.01. The van der Waals surface area contributed by atoms with E-state index in [0.717, 1.165) is 0 Å². The van der Waals surface area contributed by atoms with Crippen LogP contribution in [-0.4, -0.2) is 29.6 Å². The number of halogens is 1. The number of carbonyl (C=O) groups excluding carboxylic acids is 1. The molecule has 0 bridgehead atoms. The average molecular weight is 240 g/mol. The van der Waals surface area contributed by atoms with Gasteiger partial charge in [0, 0.05) is 6.54 Å². The van der Waals surface area contributed by atoms with Crippen molar-refractivity contribution in [3.8, 4) is 0 Å². The minimum atomic E-state index is -1.57. The van der Waals surface area contributed by atoms with Crippen LogP contribution in [0.2, 0.25) is 0 Å². The highest BCUT2D eigenvalue weighted by molar-refractivity contribution is 6.00. The minimum absolute atomic E-state index is 0.212. The molecule has 1 rings (SSSR count). The van der Waals surface area contributed by atoms with Crippen molar-refractivity contribution in [2.75, 3.05) is 6.54 Å². The largest absolute Gasteiger partial charge is 0.480 e. The third-order valence-electron chi connectivity index (χ3n) is 2.15. The normalized spacial score (nSPS) is 11.9. The molecule has 0 aliphatic carbocycles. The van der Waals surface area contributed by atoms with Crippen LogP contribution < -0.4 is 11.1 Å². The van der Waals surface area contributed by atoms with Crippen LogP contribution in [0.15, 0.2) is 24.3 Å². The second-order valence-electron chi connectivity index (χ2n) is 3.49. The Bertz CT molecular complexity index is 423. The molecular weight excluding hydrogens is 227 g/mol. The lowest BCUT2D eigenvalue weighted by atomic mass is 10.1. The van der Waals surface area contributed by atoms with Gasteiger partial charge in [0.15, 0.2) is 6.04 Å². The summed E-state index contributed by atoms with van der Waals surface area (Å²) in [5.74, 6) is -2.49. The monoisotopic (exact) mass is 240 g/mol. The number of carboxylic acid groups (broad SMARTS) is 1. The van der Waals surface area contributed by atoms with E-state index >= 15 is 0 Å². The van der Waals surface area contributed by atoms with E-state index in [4.69, 9.17) is 10.8 Å². The molecule has 0 aromatic heterocycles. The minimum Gasteiger partial charge on any atom is -0.480 e. The van der Waals surface area contributed by atoms with Crippen LogP contribution in [0.4, 0.5) is 4.39 Å². The first-order valence-corrected chi connectivity index (χ1v) is 5.01. The van der Waals surface area contributed by atoms with Crippen molar-refractivity contribution < 1.29 is 19.1 Å². The van der Waals surface area contributed by atoms with Crippen LogP contribution >= 0.6 is 0 Å². The molecule has 0 aliphatic heterocycles. The van der Waals surface area contributed by atoms with Gasteiger partial charge in [0.1, 0.15) is 5.82 Å². The second kappa shape index (κ2) is 5.95. The topological polar surface area (TPSA) is 92.4 Å². The highest BCUT2D eigenvalue weighted by Gasteiger charge is 2.20. The molecular formula is C11H13FN2O3. The van der Waals surface area contributed by atoms with Gasteiger partial charge in [-0.1, -0.05) is 12.1 Å². The van der Waals surface area contributed by atoms with Crippen molar-refractivity contribution in [3.63, 3.8) is 0 Å². The molecule has 1 aromatic carbocycles. The van der Waals surface area contributed by atoms with Gasteiger partial charge in [-0.2, -0.15) is 0 Å². The fraction of sp³-hybridized carbons (Fsp3) is 0.273. The van der Waals surface area contributed by atoms with Gasteiger partial charge in [0.25, 0.3) is 0 Å². The third-order valence-corrected chi connectivity index (χ3v) is 2.15. The molecule has 0 spiro atoms. The van der Waals surface area contributed by atoms with Crippen molar-refractivity contribution in [1.29, 1.82) is 0 Å². The van der Waals surface area contributed by atoms with E-state index in [-0.39, 0.29) is 12.4 Å². The van der Waals surface area contributed by atoms with Crippen molar-refractivity contribution in [1.82, 2.24) is 5.32 Å². The van der Waals surface area contributed by atoms with Gasteiger partial charge in [-0.05, 0) is 24.1 Å². The number of carboxylic acids is 1. The highest BCUT2D eigenvalue weighted by atomic mass is 19.1. The first kappa shape index (κ1) is 13.1. The molecule has 0 saturated carbocycles. The standard InChI is InChI=1S/C11H13FN2O3/c12-8-3-1-2-7(6-8)4-5-14-10(15)9(13)11(16)17/h1-3,6,9H,4-5,13H2,(H,14,15)(H,16,17). The van der Waals surface area contributed by atoms with Gasteiger partial charge in [0.2, 0.25) is 5.91 Å². The second-order valence-corrected chi connectivity index (χ2v) is 3.49. The number of nitrogens with two attached hydrogens (primary N) is 1. The number of carbonyl (C=O) groups is 2. The van der Waals surface area contributed by atoms with Gasteiger partial charge in [0.05, 0.1) is 0 Å². The van der Waals surface area contributed by atoms with Crippen molar-refractivity contribution >= 4 is 11.9 Å². The van der Waals surface area contributed by atoms with Gasteiger partial charge in [-0.25, -0.2) is 9.18 Å². The molecule has 1 atom stereocenters. The van der Waals surface area contributed by atoms with Crippen LogP contribution in [0, 0.1) is 5.82 Å². The molecule has 1 amide bonds. The van der Waals surface area contributed by atoms with Crippen LogP contribution in [0.25, 0.3) is 0 Å². The Labute approximate surface area is 97.4 Å². The Morgan fingerprint density at radius 2 is 2.18 bits per heavy atom. The number of rotatable bonds is 5. The molecule has 4 N–H and O–H groups in total. The molecule has 0 aliphatic rings. The third kappa shape index (κ3) is 4.20. The van der Waals surface area contributed by atoms with Crippen LogP contribution in [-0.2, 0) is 16.0 Å². The highest BCUT2D eigenvalue weighted by Crippen LogP contribution is 2.03. The summed E-state index contributed by atoms with van der Waals surface area (Å²) in [5, 5.41) is 10.8. The van der Waals surface area contributed by atoms with Crippen molar-refractivity contribution in [2.45, 2.75) is 12.5 Å². The Kier molecular flexibility index (Phi) is 4.59. The Hall–Kier alpha value is -1.95. The molecule has 0 fully saturated rings. The molecule has 0 saturated heterocycles. The number of amides is 1. The summed E-state index contributed by atoms with van der Waals surface area (Å²) in [4.78, 5) is 21.5. The lowest BCUT2D eigenvalue weighted by Gasteiger charge is -2.08. The molecule has 1 unspecified atom stereocenters. The van der Waals surface area contributed by atoms with E-state index in [2.05, 4.69) is 5.32 Å². The van der Waals surface area contributed by atoms with Gasteiger partial charge in [-0.15, -0.1) is 0 Å². The molecule has 0 radical (unpaired) electrons. The van der Waals surface area contributed by atoms with E-state index in [1.165, 1.54) is 12.1 Å². The summed E-state index contributed by atoms with van der Waals surface area (Å²) in [6, 6.07) is 4.38. The quantitative estimate of drug-likeness (QED) is 0.626. The Morgan fingerprint density at radius 1 is 1.47 bits per heavy atom. The van der Waals surface area contributed by atoms with Crippen molar-refractivity contribution in [2.24, 2.45) is 5.73 Å². The summed E-state index contributed by atoms with van der Waals surface area (Å²) in [6.07, 6.45) is 0.413. The average Bonchev–Trinajstić information content (AvgIpc) is 2.27. The van der Waals surface area contributed by atoms with Gasteiger partial charge < -0.3 is 16.2 Å². The van der Waals surface area contributed by atoms with E-state index in [0.29, 0.717) is 12.0 Å². The molecule has 6 heteroatoms. The van der Waals surface area contributed by atoms with Crippen LogP contribution in [0.5, 0.6) is 0 Å². The smallest absolute Gasteiger partial charge is 0.330 e. The van der Waals surface area contributed by atoms with E-state index in [9.17, 15) is 14.0 Å². The molecule has 0 heterocycles. The summed E-state index contributed by atoms with van der Waals surface area (Å²) in [7, 11) is 0. The number of hydrogen-bond donors (Lipinski definition) is 3. The zero-order chi connectivity index (χ0) is 12.8. The van der Waals surface area contributed by atoms with Crippen molar-refractivity contribution in [3.05, 3.63) is 35.6 Å². The maximum atomic E-state index is 12.8. The van der Waals surface area contributed by atoms with Gasteiger partial charge >= 0.3 is 5.97 Å². The van der Waals surface area contributed by atoms with E-state index < -0.39 is 17.9 Å². The maximum Gasteiger partial charge on any atom is 0.330 e. The SMILES string of the molecule is NC(C(=O)O)C(=O)NCCc1cccc(F)c1. The first-order chi connectivity index (χ1) is 8.00. The predicted molar refractivity (Wildman–Crippen MR) is 58.7 cm³/mol. The lowest BCUT2D eigenvalue weighted by molar-refractivity contribution is -0.142. The fourth-order valence-corrected chi connectivity index (χ4v) is 1.24. The Morgan fingerprint density at radius 3 is 2.76 bits per heavy atom. The predicted octanol–water partition coefficient (Wildman–Crippen LogP) is -0.104. The molecule has 17 heavy (non-hydrogen) atoms. The van der Waals surface area contributed by atoms with Crippen LogP contribution in [0.3, 0.4) is 0 Å². The number of benzene rings is 1. The van der Waals surface area contributed by atoms with Crippen LogP contribution in [0.1, 0.15) is 5.56 Å². The summed E-state index contributed by atoms with van der Waals surface area (Å²) >= 11 is 0. The molecule has 92 valence electrons. The maximum absolute atomic E-state index is 12.8. The summed E-state index contributed by atoms with van der Waals surface area (Å²) < 4.78 is 12.8. The summed E-state index contributed by atoms with van der Waals surface area (Å²) in [5.41, 5.74) is 5.81. The fourth-order valence-electron chi connectivity index (χ4n) is 1.24. The molecule has 5 nitrogen and oxygen atoms in total. The zero-order valence-electron chi connectivity index (χ0n) is 9.02. The van der Waals surface area contributed by atoms with Gasteiger partial charge in [-0.3, -0.25) is 4.79 Å². The van der Waals surface area contributed by atoms with E-state index in [1.807, 2.05) is 0 Å². The Balaban J connectivity index is 2.38. The van der Waals surface area contributed by atoms with E-state index in [1.54, 1.807) is 12.1 Å². The number of nitrogens with one attached hydrogen (secondary N) is 1. The summed E-state index contributed by atoms with van der Waals surface area (Å²) in [6.45, 7) is 0.212.